The van der Waals surface area contributed by atoms with Crippen LogP contribution in [0.25, 0.3) is 11.0 Å². The van der Waals surface area contributed by atoms with Crippen molar-refractivity contribution >= 4 is 11.0 Å². The minimum atomic E-state index is -0.0432. The maximum absolute atomic E-state index is 12.7. The van der Waals surface area contributed by atoms with E-state index < -0.39 is 0 Å². The van der Waals surface area contributed by atoms with Crippen LogP contribution in [0.5, 0.6) is 0 Å². The Balaban J connectivity index is 1.79. The van der Waals surface area contributed by atoms with Gasteiger partial charge in [-0.3, -0.25) is 9.36 Å². The Morgan fingerprint density at radius 1 is 1.24 bits per heavy atom. The predicted molar refractivity (Wildman–Crippen MR) is 96.1 cm³/mol. The molecule has 4 rings (SSSR count). The van der Waals surface area contributed by atoms with Gasteiger partial charge in [-0.05, 0) is 42.9 Å². The average Bonchev–Trinajstić information content (AvgIpc) is 2.82. The molecule has 1 atom stereocenters. The van der Waals surface area contributed by atoms with Crippen molar-refractivity contribution in [3.63, 3.8) is 0 Å². The molecule has 4 heterocycles. The number of pyridine rings is 2. The third-order valence-electron chi connectivity index (χ3n) is 4.49. The largest absolute Gasteiger partial charge is 0.295 e. The maximum atomic E-state index is 12.7. The van der Waals surface area contributed by atoms with Crippen LogP contribution in [-0.2, 0) is 13.0 Å². The molecule has 0 bridgehead atoms. The van der Waals surface area contributed by atoms with Crippen LogP contribution in [0.3, 0.4) is 0 Å². The maximum Gasteiger partial charge on any atom is 0.280 e. The fourth-order valence-corrected chi connectivity index (χ4v) is 3.19. The summed E-state index contributed by atoms with van der Waals surface area (Å²) < 4.78 is 1.79. The van der Waals surface area contributed by atoms with Crippen LogP contribution in [0, 0.1) is 17.8 Å². The van der Waals surface area contributed by atoms with Crippen molar-refractivity contribution < 1.29 is 0 Å². The van der Waals surface area contributed by atoms with Gasteiger partial charge in [-0.25, -0.2) is 15.0 Å². The fourth-order valence-electron chi connectivity index (χ4n) is 3.19. The van der Waals surface area contributed by atoms with E-state index in [1.54, 1.807) is 17.0 Å². The molecule has 0 spiro atoms. The van der Waals surface area contributed by atoms with E-state index in [9.17, 15) is 4.79 Å². The topological polar surface area (TPSA) is 60.7 Å². The van der Waals surface area contributed by atoms with Gasteiger partial charge in [-0.2, -0.15) is 0 Å². The van der Waals surface area contributed by atoms with Crippen LogP contribution >= 0.6 is 0 Å². The molecule has 0 aromatic carbocycles. The lowest BCUT2D eigenvalue weighted by atomic mass is 10.0. The molecule has 0 amide bonds. The first kappa shape index (κ1) is 15.5. The molecule has 0 saturated carbocycles. The quantitative estimate of drug-likeness (QED) is 0.594. The van der Waals surface area contributed by atoms with Crippen molar-refractivity contribution in [2.75, 3.05) is 0 Å². The molecule has 3 aromatic heterocycles. The normalized spacial score (nSPS) is 16.6. The van der Waals surface area contributed by atoms with Crippen LogP contribution in [0.4, 0.5) is 0 Å². The SMILES string of the molecule is CC1CCCn2c(nc3cc(C#Cc4ccccn4)cnc3c2=O)C1. The van der Waals surface area contributed by atoms with E-state index in [1.807, 2.05) is 24.3 Å². The first-order valence-corrected chi connectivity index (χ1v) is 8.53. The Labute approximate surface area is 145 Å². The summed E-state index contributed by atoms with van der Waals surface area (Å²) >= 11 is 0. The zero-order valence-corrected chi connectivity index (χ0v) is 14.1. The summed E-state index contributed by atoms with van der Waals surface area (Å²) in [6.45, 7) is 2.93. The Morgan fingerprint density at radius 2 is 2.16 bits per heavy atom. The van der Waals surface area contributed by atoms with Crippen LogP contribution in [0.1, 0.15) is 36.8 Å². The molecule has 1 aliphatic heterocycles. The van der Waals surface area contributed by atoms with Gasteiger partial charge < -0.3 is 0 Å². The van der Waals surface area contributed by atoms with E-state index in [0.29, 0.717) is 22.6 Å². The van der Waals surface area contributed by atoms with Gasteiger partial charge in [0.2, 0.25) is 0 Å². The molecule has 5 heteroatoms. The highest BCUT2D eigenvalue weighted by Crippen LogP contribution is 2.18. The van der Waals surface area contributed by atoms with Crippen molar-refractivity contribution in [3.8, 4) is 11.8 Å². The fraction of sp³-hybridized carbons (Fsp3) is 0.300. The van der Waals surface area contributed by atoms with Gasteiger partial charge in [-0.15, -0.1) is 0 Å². The lowest BCUT2D eigenvalue weighted by Gasteiger charge is -2.10. The monoisotopic (exact) mass is 330 g/mol. The third-order valence-corrected chi connectivity index (χ3v) is 4.49. The van der Waals surface area contributed by atoms with Crippen molar-refractivity contribution in [3.05, 3.63) is 64.1 Å². The summed E-state index contributed by atoms with van der Waals surface area (Å²) in [5, 5.41) is 0. The molecule has 1 aliphatic rings. The molecule has 3 aromatic rings. The molecular weight excluding hydrogens is 312 g/mol. The van der Waals surface area contributed by atoms with E-state index in [2.05, 4.69) is 28.7 Å². The summed E-state index contributed by atoms with van der Waals surface area (Å²) in [6, 6.07) is 7.45. The van der Waals surface area contributed by atoms with Crippen LogP contribution in [0.2, 0.25) is 0 Å². The van der Waals surface area contributed by atoms with Gasteiger partial charge in [0.05, 0.1) is 5.52 Å². The Bertz CT molecular complexity index is 1040. The molecule has 0 N–H and O–H groups in total. The van der Waals surface area contributed by atoms with Gasteiger partial charge >= 0.3 is 0 Å². The Morgan fingerprint density at radius 3 is 3.00 bits per heavy atom. The zero-order valence-electron chi connectivity index (χ0n) is 14.1. The van der Waals surface area contributed by atoms with Crippen LogP contribution in [-0.4, -0.2) is 19.5 Å². The van der Waals surface area contributed by atoms with Gasteiger partial charge in [-0.1, -0.05) is 18.9 Å². The van der Waals surface area contributed by atoms with Crippen molar-refractivity contribution in [2.24, 2.45) is 5.92 Å². The summed E-state index contributed by atoms with van der Waals surface area (Å²) in [6.07, 6.45) is 6.30. The predicted octanol–water partition coefficient (Wildman–Crippen LogP) is 2.56. The molecule has 0 saturated heterocycles. The zero-order chi connectivity index (χ0) is 17.2. The van der Waals surface area contributed by atoms with Crippen molar-refractivity contribution in [1.29, 1.82) is 0 Å². The van der Waals surface area contributed by atoms with Crippen molar-refractivity contribution in [1.82, 2.24) is 19.5 Å². The minimum absolute atomic E-state index is 0.0432. The number of nitrogens with zero attached hydrogens (tertiary/aromatic N) is 4. The molecule has 25 heavy (non-hydrogen) atoms. The molecule has 0 fully saturated rings. The Kier molecular flexibility index (Phi) is 4.02. The van der Waals surface area contributed by atoms with Gasteiger partial charge in [0.15, 0.2) is 5.52 Å². The highest BCUT2D eigenvalue weighted by Gasteiger charge is 2.18. The third kappa shape index (κ3) is 3.16. The first-order chi connectivity index (χ1) is 12.2. The van der Waals surface area contributed by atoms with Gasteiger partial charge in [0.25, 0.3) is 5.56 Å². The van der Waals surface area contributed by atoms with Gasteiger partial charge in [0, 0.05) is 30.9 Å². The van der Waals surface area contributed by atoms with E-state index in [-0.39, 0.29) is 5.56 Å². The molecule has 0 radical (unpaired) electrons. The van der Waals surface area contributed by atoms with Gasteiger partial charge in [0.1, 0.15) is 11.5 Å². The number of hydrogen-bond donors (Lipinski definition) is 0. The summed E-state index contributed by atoms with van der Waals surface area (Å²) in [5.74, 6) is 7.46. The number of aromatic nitrogens is 4. The van der Waals surface area contributed by atoms with Crippen LogP contribution < -0.4 is 5.56 Å². The molecule has 0 aliphatic carbocycles. The molecule has 124 valence electrons. The van der Waals surface area contributed by atoms with E-state index in [4.69, 9.17) is 4.98 Å². The second-order valence-electron chi connectivity index (χ2n) is 6.49. The average molecular weight is 330 g/mol. The van der Waals surface area contributed by atoms with E-state index >= 15 is 0 Å². The number of hydrogen-bond acceptors (Lipinski definition) is 4. The molecular formula is C20H18N4O. The molecule has 5 nitrogen and oxygen atoms in total. The lowest BCUT2D eigenvalue weighted by Crippen LogP contribution is -2.25. The lowest BCUT2D eigenvalue weighted by molar-refractivity contribution is 0.519. The summed E-state index contributed by atoms with van der Waals surface area (Å²) in [4.78, 5) is 26.0. The first-order valence-electron chi connectivity index (χ1n) is 8.53. The van der Waals surface area contributed by atoms with Crippen LogP contribution in [0.15, 0.2) is 41.5 Å². The molecule has 1 unspecified atom stereocenters. The number of rotatable bonds is 0. The second-order valence-corrected chi connectivity index (χ2v) is 6.49. The van der Waals surface area contributed by atoms with E-state index in [0.717, 1.165) is 37.2 Å². The number of fused-ring (bicyclic) bond motifs is 2. The second kappa shape index (κ2) is 6.48. The summed E-state index contributed by atoms with van der Waals surface area (Å²) in [7, 11) is 0. The standard InChI is InChI=1S/C20H18N4O/c1-14-5-4-10-24-18(11-14)23-17-12-15(13-22-19(17)20(24)25)7-8-16-6-2-3-9-21-16/h2-3,6,9,12-14H,4-5,10-11H2,1H3. The highest BCUT2D eigenvalue weighted by atomic mass is 16.1. The highest BCUT2D eigenvalue weighted by molar-refractivity contribution is 5.74. The van der Waals surface area contributed by atoms with Crippen molar-refractivity contribution in [2.45, 2.75) is 32.7 Å². The van der Waals surface area contributed by atoms with E-state index in [1.165, 1.54) is 0 Å². The Hall–Kier alpha value is -3.00. The minimum Gasteiger partial charge on any atom is -0.295 e. The smallest absolute Gasteiger partial charge is 0.280 e. The summed E-state index contributed by atoms with van der Waals surface area (Å²) in [5.41, 5.74) is 2.43.